The number of nitrogens with zero attached hydrogens (tertiary/aromatic N) is 3. The third-order valence-electron chi connectivity index (χ3n) is 4.16. The second-order valence-corrected chi connectivity index (χ2v) is 7.86. The topological polar surface area (TPSA) is 90.9 Å². The summed E-state index contributed by atoms with van der Waals surface area (Å²) in [4.78, 5) is 0.158. The smallest absolute Gasteiger partial charge is 0.243 e. The molecule has 0 aliphatic carbocycles. The number of benzene rings is 1. The lowest BCUT2D eigenvalue weighted by Gasteiger charge is -2.18. The molecule has 1 saturated heterocycles. The summed E-state index contributed by atoms with van der Waals surface area (Å²) in [6, 6.07) is 8.09. The molecule has 1 aromatic carbocycles. The van der Waals surface area contributed by atoms with Crippen LogP contribution in [0.1, 0.15) is 12.1 Å². The second kappa shape index (κ2) is 7.46. The van der Waals surface area contributed by atoms with Crippen molar-refractivity contribution < 1.29 is 22.6 Å². The van der Waals surface area contributed by atoms with Gasteiger partial charge in [-0.25, -0.2) is 8.42 Å². The average Bonchev–Trinajstić information content (AvgIpc) is 3.12. The lowest BCUT2D eigenvalue weighted by atomic mass is 10.3. The molecule has 9 heteroatoms. The van der Waals surface area contributed by atoms with Crippen molar-refractivity contribution in [1.29, 1.82) is 0 Å². The molecule has 0 bridgehead atoms. The Morgan fingerprint density at radius 2 is 1.85 bits per heavy atom. The Labute approximate surface area is 152 Å². The van der Waals surface area contributed by atoms with Gasteiger partial charge in [0.15, 0.2) is 11.5 Å². The fourth-order valence-corrected chi connectivity index (χ4v) is 4.26. The zero-order valence-corrected chi connectivity index (χ0v) is 15.7. The number of aromatic nitrogens is 2. The van der Waals surface area contributed by atoms with Gasteiger partial charge in [-0.2, -0.15) is 9.40 Å². The average molecular weight is 379 g/mol. The molecule has 0 N–H and O–H groups in total. The van der Waals surface area contributed by atoms with Crippen molar-refractivity contribution >= 4 is 10.0 Å². The standard InChI is InChI=1S/C17H21N3O5S/c1-12-4-7-17(19-18-12)25-13-8-9-20(11-13)26(21,22)14-5-6-15(23-2)16(10-14)24-3/h4-7,10,13H,8-9,11H2,1-3H3/t13-/m1/s1. The molecule has 0 spiro atoms. The largest absolute Gasteiger partial charge is 0.493 e. The minimum Gasteiger partial charge on any atom is -0.493 e. The predicted octanol–water partition coefficient (Wildman–Crippen LogP) is 1.64. The first kappa shape index (κ1) is 18.4. The van der Waals surface area contributed by atoms with Gasteiger partial charge in [0.05, 0.1) is 31.4 Å². The van der Waals surface area contributed by atoms with Crippen molar-refractivity contribution in [2.45, 2.75) is 24.3 Å². The zero-order chi connectivity index (χ0) is 18.7. The van der Waals surface area contributed by atoms with Crippen LogP contribution in [0.3, 0.4) is 0 Å². The minimum atomic E-state index is -3.65. The molecule has 1 fully saturated rings. The van der Waals surface area contributed by atoms with E-state index in [4.69, 9.17) is 14.2 Å². The van der Waals surface area contributed by atoms with Gasteiger partial charge in [-0.05, 0) is 31.5 Å². The predicted molar refractivity (Wildman–Crippen MR) is 94.1 cm³/mol. The highest BCUT2D eigenvalue weighted by molar-refractivity contribution is 7.89. The van der Waals surface area contributed by atoms with E-state index in [1.807, 2.05) is 6.92 Å². The van der Waals surface area contributed by atoms with E-state index in [0.717, 1.165) is 5.69 Å². The molecule has 1 aliphatic heterocycles. The van der Waals surface area contributed by atoms with E-state index in [-0.39, 0.29) is 17.5 Å². The zero-order valence-electron chi connectivity index (χ0n) is 14.9. The van der Waals surface area contributed by atoms with Crippen LogP contribution in [0.4, 0.5) is 0 Å². The molecule has 2 heterocycles. The molecule has 2 aromatic rings. The molecule has 1 atom stereocenters. The van der Waals surface area contributed by atoms with Crippen LogP contribution in [-0.2, 0) is 10.0 Å². The van der Waals surface area contributed by atoms with Crippen LogP contribution >= 0.6 is 0 Å². The molecular formula is C17H21N3O5S. The maximum absolute atomic E-state index is 12.9. The van der Waals surface area contributed by atoms with Gasteiger partial charge in [0.1, 0.15) is 6.10 Å². The molecule has 26 heavy (non-hydrogen) atoms. The van der Waals surface area contributed by atoms with Crippen LogP contribution in [0, 0.1) is 6.92 Å². The van der Waals surface area contributed by atoms with E-state index in [1.54, 1.807) is 18.2 Å². The lowest BCUT2D eigenvalue weighted by Crippen LogP contribution is -2.31. The van der Waals surface area contributed by atoms with Gasteiger partial charge in [-0.1, -0.05) is 0 Å². The maximum atomic E-state index is 12.9. The van der Waals surface area contributed by atoms with Crippen molar-refractivity contribution in [3.63, 3.8) is 0 Å². The van der Waals surface area contributed by atoms with Crippen LogP contribution in [0.25, 0.3) is 0 Å². The minimum absolute atomic E-state index is 0.158. The van der Waals surface area contributed by atoms with Crippen LogP contribution in [0.2, 0.25) is 0 Å². The molecule has 140 valence electrons. The number of hydrogen-bond donors (Lipinski definition) is 0. The number of rotatable bonds is 6. The van der Waals surface area contributed by atoms with Gasteiger partial charge in [-0.3, -0.25) is 0 Å². The lowest BCUT2D eigenvalue weighted by molar-refractivity contribution is 0.204. The first-order valence-electron chi connectivity index (χ1n) is 8.13. The summed E-state index contributed by atoms with van der Waals surface area (Å²) < 4.78 is 43.3. The third kappa shape index (κ3) is 3.73. The van der Waals surface area contributed by atoms with E-state index in [9.17, 15) is 8.42 Å². The maximum Gasteiger partial charge on any atom is 0.243 e. The van der Waals surface area contributed by atoms with Gasteiger partial charge in [0.2, 0.25) is 15.9 Å². The Kier molecular flexibility index (Phi) is 5.28. The normalized spacial score (nSPS) is 17.9. The van der Waals surface area contributed by atoms with Crippen molar-refractivity contribution in [1.82, 2.24) is 14.5 Å². The Hall–Kier alpha value is -2.39. The Morgan fingerprint density at radius 3 is 2.50 bits per heavy atom. The molecule has 1 aliphatic rings. The molecule has 0 radical (unpaired) electrons. The molecule has 3 rings (SSSR count). The van der Waals surface area contributed by atoms with Crippen LogP contribution in [0.5, 0.6) is 17.4 Å². The number of methoxy groups -OCH3 is 2. The highest BCUT2D eigenvalue weighted by Gasteiger charge is 2.34. The first-order valence-corrected chi connectivity index (χ1v) is 9.57. The Morgan fingerprint density at radius 1 is 1.08 bits per heavy atom. The molecular weight excluding hydrogens is 358 g/mol. The van der Waals surface area contributed by atoms with Crippen LogP contribution in [-0.4, -0.2) is 56.3 Å². The van der Waals surface area contributed by atoms with Gasteiger partial charge in [-0.15, -0.1) is 5.10 Å². The van der Waals surface area contributed by atoms with Crippen molar-refractivity contribution in [2.75, 3.05) is 27.3 Å². The summed E-state index contributed by atoms with van der Waals surface area (Å²) in [5, 5.41) is 7.90. The number of hydrogen-bond acceptors (Lipinski definition) is 7. The fourth-order valence-electron chi connectivity index (χ4n) is 2.76. The molecule has 8 nitrogen and oxygen atoms in total. The van der Waals surface area contributed by atoms with Crippen molar-refractivity contribution in [3.05, 3.63) is 36.0 Å². The van der Waals surface area contributed by atoms with Crippen molar-refractivity contribution in [3.8, 4) is 17.4 Å². The number of sulfonamides is 1. The van der Waals surface area contributed by atoms with E-state index >= 15 is 0 Å². The van der Waals surface area contributed by atoms with E-state index in [1.165, 1.54) is 30.7 Å². The Balaban J connectivity index is 1.73. The van der Waals surface area contributed by atoms with Crippen molar-refractivity contribution in [2.24, 2.45) is 0 Å². The fraction of sp³-hybridized carbons (Fsp3) is 0.412. The molecule has 0 unspecified atom stereocenters. The monoisotopic (exact) mass is 379 g/mol. The molecule has 1 aromatic heterocycles. The number of ether oxygens (including phenoxy) is 3. The number of aryl methyl sites for hydroxylation is 1. The highest BCUT2D eigenvalue weighted by Crippen LogP contribution is 2.31. The summed E-state index contributed by atoms with van der Waals surface area (Å²) in [7, 11) is -0.675. The van der Waals surface area contributed by atoms with E-state index in [2.05, 4.69) is 10.2 Å². The van der Waals surface area contributed by atoms with Gasteiger partial charge in [0.25, 0.3) is 0 Å². The summed E-state index contributed by atoms with van der Waals surface area (Å²) in [6.07, 6.45) is 0.323. The van der Waals surface area contributed by atoms with E-state index < -0.39 is 10.0 Å². The quantitative estimate of drug-likeness (QED) is 0.753. The SMILES string of the molecule is COc1ccc(S(=O)(=O)N2CC[C@@H](Oc3ccc(C)nn3)C2)cc1OC. The molecule has 0 saturated carbocycles. The Bertz CT molecular complexity index is 870. The van der Waals surface area contributed by atoms with Gasteiger partial charge >= 0.3 is 0 Å². The molecule has 0 amide bonds. The first-order chi connectivity index (χ1) is 12.4. The summed E-state index contributed by atoms with van der Waals surface area (Å²) >= 11 is 0. The van der Waals surface area contributed by atoms with Crippen LogP contribution < -0.4 is 14.2 Å². The summed E-state index contributed by atoms with van der Waals surface area (Å²) in [6.45, 7) is 2.47. The van der Waals surface area contributed by atoms with Crippen LogP contribution in [0.15, 0.2) is 35.2 Å². The van der Waals surface area contributed by atoms with Gasteiger partial charge < -0.3 is 14.2 Å². The second-order valence-electron chi connectivity index (χ2n) is 5.92. The van der Waals surface area contributed by atoms with Gasteiger partial charge in [0, 0.05) is 18.7 Å². The summed E-state index contributed by atoms with van der Waals surface area (Å²) in [5.74, 6) is 1.24. The van der Waals surface area contributed by atoms with E-state index in [0.29, 0.717) is 30.3 Å². The summed E-state index contributed by atoms with van der Waals surface area (Å²) in [5.41, 5.74) is 0.793. The third-order valence-corrected chi connectivity index (χ3v) is 6.02. The highest BCUT2D eigenvalue weighted by atomic mass is 32.2.